The molecule has 0 spiro atoms. The van der Waals surface area contributed by atoms with Crippen LogP contribution in [0.15, 0.2) is 24.3 Å². The first kappa shape index (κ1) is 13.8. The Morgan fingerprint density at radius 2 is 1.78 bits per heavy atom. The summed E-state index contributed by atoms with van der Waals surface area (Å²) in [5.41, 5.74) is 1.45. The Morgan fingerprint density at radius 3 is 2.17 bits per heavy atom. The van der Waals surface area contributed by atoms with E-state index in [0.29, 0.717) is 0 Å². The van der Waals surface area contributed by atoms with Crippen molar-refractivity contribution in [2.24, 2.45) is 0 Å². The molecule has 0 radical (unpaired) electrons. The van der Waals surface area contributed by atoms with Crippen molar-refractivity contribution >= 4 is 13.3 Å². The van der Waals surface area contributed by atoms with Crippen molar-refractivity contribution in [3.8, 4) is 0 Å². The van der Waals surface area contributed by atoms with Crippen LogP contribution in [0.5, 0.6) is 0 Å². The third-order valence-electron chi connectivity index (χ3n) is 3.89. The molecule has 1 fully saturated rings. The highest BCUT2D eigenvalue weighted by Gasteiger charge is 2.23. The molecule has 0 amide bonds. The molecule has 3 heteroatoms. The normalized spacial score (nSPS) is 16.9. The third kappa shape index (κ3) is 3.22. The molecule has 100 valence electrons. The van der Waals surface area contributed by atoms with Gasteiger partial charge in [0, 0.05) is 25.7 Å². The van der Waals surface area contributed by atoms with E-state index in [2.05, 4.69) is 61.0 Å². The zero-order valence-electron chi connectivity index (χ0n) is 12.2. The number of hydrogen-bond acceptors (Lipinski definition) is 2. The summed E-state index contributed by atoms with van der Waals surface area (Å²) in [7, 11) is -1.15. The molecule has 0 saturated carbocycles. The fourth-order valence-corrected chi connectivity index (χ4v) is 3.54. The first-order valence-electron chi connectivity index (χ1n) is 7.05. The predicted molar refractivity (Wildman–Crippen MR) is 82.2 cm³/mol. The lowest BCUT2D eigenvalue weighted by atomic mass is 10.1. The standard InChI is InChI=1S/C15H26N2Si/c1-5-17(14-10-16-11-14)12-13-6-8-15(9-7-13)18(2,3)4/h6-9,14,16H,5,10-12H2,1-4H3. The number of hydrogen-bond donors (Lipinski definition) is 1. The summed E-state index contributed by atoms with van der Waals surface area (Å²) in [4.78, 5) is 2.57. The Labute approximate surface area is 112 Å². The highest BCUT2D eigenvalue weighted by Crippen LogP contribution is 2.11. The van der Waals surface area contributed by atoms with Crippen LogP contribution in [-0.2, 0) is 6.54 Å². The summed E-state index contributed by atoms with van der Waals surface area (Å²) in [5, 5.41) is 4.91. The lowest BCUT2D eigenvalue weighted by Crippen LogP contribution is -2.56. The van der Waals surface area contributed by atoms with Gasteiger partial charge in [0.05, 0.1) is 8.07 Å². The van der Waals surface area contributed by atoms with Crippen molar-refractivity contribution < 1.29 is 0 Å². The Morgan fingerprint density at radius 1 is 1.17 bits per heavy atom. The predicted octanol–water partition coefficient (Wildman–Crippen LogP) is 2.03. The molecule has 1 saturated heterocycles. The zero-order chi connectivity index (χ0) is 13.2. The van der Waals surface area contributed by atoms with E-state index in [1.165, 1.54) is 5.56 Å². The average Bonchev–Trinajstić information content (AvgIpc) is 2.25. The van der Waals surface area contributed by atoms with E-state index in [4.69, 9.17) is 0 Å². The molecule has 1 N–H and O–H groups in total. The Kier molecular flexibility index (Phi) is 4.25. The van der Waals surface area contributed by atoms with Gasteiger partial charge >= 0.3 is 0 Å². The van der Waals surface area contributed by atoms with Crippen molar-refractivity contribution in [2.75, 3.05) is 19.6 Å². The van der Waals surface area contributed by atoms with Crippen LogP contribution in [0.4, 0.5) is 0 Å². The second kappa shape index (κ2) is 5.55. The Hall–Kier alpha value is -0.643. The van der Waals surface area contributed by atoms with Gasteiger partial charge in [0.25, 0.3) is 0 Å². The van der Waals surface area contributed by atoms with Crippen LogP contribution >= 0.6 is 0 Å². The van der Waals surface area contributed by atoms with Crippen LogP contribution in [0, 0.1) is 0 Å². The summed E-state index contributed by atoms with van der Waals surface area (Å²) >= 11 is 0. The van der Waals surface area contributed by atoms with Crippen molar-refractivity contribution in [3.05, 3.63) is 29.8 Å². The van der Waals surface area contributed by atoms with Crippen LogP contribution < -0.4 is 10.5 Å². The van der Waals surface area contributed by atoms with Crippen LogP contribution in [-0.4, -0.2) is 38.6 Å². The van der Waals surface area contributed by atoms with E-state index in [-0.39, 0.29) is 0 Å². The molecule has 0 aliphatic carbocycles. The van der Waals surface area contributed by atoms with Gasteiger partial charge in [-0.1, -0.05) is 56.0 Å². The zero-order valence-corrected chi connectivity index (χ0v) is 13.2. The molecule has 1 aromatic rings. The van der Waals surface area contributed by atoms with Crippen molar-refractivity contribution in [1.29, 1.82) is 0 Å². The Balaban J connectivity index is 2.00. The number of nitrogens with zero attached hydrogens (tertiary/aromatic N) is 1. The van der Waals surface area contributed by atoms with Gasteiger partial charge in [0.15, 0.2) is 0 Å². The highest BCUT2D eigenvalue weighted by atomic mass is 28.3. The summed E-state index contributed by atoms with van der Waals surface area (Å²) in [6.07, 6.45) is 0. The molecule has 0 aromatic heterocycles. The van der Waals surface area contributed by atoms with Crippen molar-refractivity contribution in [3.63, 3.8) is 0 Å². The summed E-state index contributed by atoms with van der Waals surface area (Å²) in [5.74, 6) is 0. The maximum Gasteiger partial charge on any atom is 0.0775 e. The third-order valence-corrected chi connectivity index (χ3v) is 5.95. The van der Waals surface area contributed by atoms with E-state index < -0.39 is 8.07 Å². The molecule has 1 heterocycles. The fraction of sp³-hybridized carbons (Fsp3) is 0.600. The van der Waals surface area contributed by atoms with E-state index in [1.807, 2.05) is 0 Å². The molecule has 1 aliphatic rings. The molecule has 1 aromatic carbocycles. The quantitative estimate of drug-likeness (QED) is 0.817. The molecule has 2 nitrogen and oxygen atoms in total. The van der Waals surface area contributed by atoms with Gasteiger partial charge in [-0.15, -0.1) is 0 Å². The monoisotopic (exact) mass is 262 g/mol. The molecule has 0 bridgehead atoms. The highest BCUT2D eigenvalue weighted by molar-refractivity contribution is 6.88. The van der Waals surface area contributed by atoms with Crippen molar-refractivity contribution in [1.82, 2.24) is 10.2 Å². The van der Waals surface area contributed by atoms with E-state index in [9.17, 15) is 0 Å². The first-order chi connectivity index (χ1) is 8.50. The van der Waals surface area contributed by atoms with E-state index >= 15 is 0 Å². The lowest BCUT2D eigenvalue weighted by Gasteiger charge is -2.37. The van der Waals surface area contributed by atoms with Gasteiger partial charge in [-0.05, 0) is 12.1 Å². The summed E-state index contributed by atoms with van der Waals surface area (Å²) in [6, 6.07) is 10.1. The van der Waals surface area contributed by atoms with Gasteiger partial charge in [-0.3, -0.25) is 4.90 Å². The molecule has 0 unspecified atom stereocenters. The molecule has 2 rings (SSSR count). The van der Waals surface area contributed by atoms with Gasteiger partial charge < -0.3 is 5.32 Å². The second-order valence-electron chi connectivity index (χ2n) is 6.32. The number of likely N-dealkylation sites (N-methyl/N-ethyl adjacent to an activating group) is 1. The van der Waals surface area contributed by atoms with E-state index in [1.54, 1.807) is 5.19 Å². The maximum atomic E-state index is 3.35. The number of rotatable bonds is 5. The lowest BCUT2D eigenvalue weighted by molar-refractivity contribution is 0.145. The number of nitrogens with one attached hydrogen (secondary N) is 1. The van der Waals surface area contributed by atoms with Crippen LogP contribution in [0.25, 0.3) is 0 Å². The SMILES string of the molecule is CCN(Cc1ccc([Si](C)(C)C)cc1)C1CNC1. The van der Waals surface area contributed by atoms with Crippen LogP contribution in [0.1, 0.15) is 12.5 Å². The van der Waals surface area contributed by atoms with E-state index in [0.717, 1.165) is 32.2 Å². The van der Waals surface area contributed by atoms with Gasteiger partial charge in [0.2, 0.25) is 0 Å². The second-order valence-corrected chi connectivity index (χ2v) is 11.4. The first-order valence-corrected chi connectivity index (χ1v) is 10.5. The van der Waals surface area contributed by atoms with Gasteiger partial charge in [0.1, 0.15) is 0 Å². The molecule has 0 atom stereocenters. The van der Waals surface area contributed by atoms with Crippen LogP contribution in [0.3, 0.4) is 0 Å². The van der Waals surface area contributed by atoms with Gasteiger partial charge in [-0.2, -0.15) is 0 Å². The minimum absolute atomic E-state index is 0.742. The number of benzene rings is 1. The van der Waals surface area contributed by atoms with Gasteiger partial charge in [-0.25, -0.2) is 0 Å². The average molecular weight is 262 g/mol. The minimum Gasteiger partial charge on any atom is -0.314 e. The Bertz CT molecular complexity index is 376. The fourth-order valence-electron chi connectivity index (χ4n) is 2.38. The molecule has 18 heavy (non-hydrogen) atoms. The minimum atomic E-state index is -1.15. The topological polar surface area (TPSA) is 15.3 Å². The molecular weight excluding hydrogens is 236 g/mol. The molecular formula is C15H26N2Si. The largest absolute Gasteiger partial charge is 0.314 e. The maximum absolute atomic E-state index is 3.35. The van der Waals surface area contributed by atoms with Crippen molar-refractivity contribution in [2.45, 2.75) is 39.2 Å². The smallest absolute Gasteiger partial charge is 0.0775 e. The molecule has 1 aliphatic heterocycles. The van der Waals surface area contributed by atoms with Crippen LogP contribution in [0.2, 0.25) is 19.6 Å². The summed E-state index contributed by atoms with van der Waals surface area (Å²) in [6.45, 7) is 14.0. The summed E-state index contributed by atoms with van der Waals surface area (Å²) < 4.78 is 0.